The Labute approximate surface area is 131 Å². The standard InChI is InChI=1S/C14H19F3N2O2S/c1-9-4-5-10(14(15,16)17)6-11(9)19-12(20)18-7-13(2,21)8-22-3/h4-6,21H,7-8H2,1-3H3,(H2,18,19,20)/t13-/m1/s1. The SMILES string of the molecule is CSC[C@](C)(O)CNC(=O)Nc1cc(C(F)(F)F)ccc1C. The fourth-order valence-electron chi connectivity index (χ4n) is 1.73. The van der Waals surface area contributed by atoms with Crippen LogP contribution in [0.1, 0.15) is 18.1 Å². The number of halogens is 3. The normalized spacial score (nSPS) is 14.3. The van der Waals surface area contributed by atoms with Crippen LogP contribution in [0.4, 0.5) is 23.7 Å². The molecule has 22 heavy (non-hydrogen) atoms. The minimum absolute atomic E-state index is 0.00230. The molecule has 0 aliphatic carbocycles. The van der Waals surface area contributed by atoms with Gasteiger partial charge in [0.05, 0.1) is 11.2 Å². The number of nitrogens with one attached hydrogen (secondary N) is 2. The number of rotatable bonds is 5. The summed E-state index contributed by atoms with van der Waals surface area (Å²) in [5.74, 6) is 0.426. The van der Waals surface area contributed by atoms with Gasteiger partial charge in [-0.05, 0) is 37.8 Å². The van der Waals surface area contributed by atoms with Crippen LogP contribution in [0.15, 0.2) is 18.2 Å². The van der Waals surface area contributed by atoms with Crippen LogP contribution in [0.2, 0.25) is 0 Å². The maximum atomic E-state index is 12.7. The Kier molecular flexibility index (Phi) is 6.13. The molecule has 0 radical (unpaired) electrons. The molecule has 4 nitrogen and oxygen atoms in total. The number of hydrogen-bond acceptors (Lipinski definition) is 3. The van der Waals surface area contributed by atoms with Crippen molar-refractivity contribution in [1.29, 1.82) is 0 Å². The van der Waals surface area contributed by atoms with Crippen molar-refractivity contribution in [3.63, 3.8) is 0 Å². The van der Waals surface area contributed by atoms with E-state index >= 15 is 0 Å². The van der Waals surface area contributed by atoms with E-state index in [2.05, 4.69) is 10.6 Å². The molecule has 0 aliphatic heterocycles. The summed E-state index contributed by atoms with van der Waals surface area (Å²) in [6, 6.07) is 2.47. The molecule has 0 unspecified atom stereocenters. The molecule has 1 aromatic rings. The Hall–Kier alpha value is -1.41. The van der Waals surface area contributed by atoms with E-state index in [-0.39, 0.29) is 12.2 Å². The second-order valence-corrected chi connectivity index (χ2v) is 6.13. The molecule has 1 aromatic carbocycles. The number of aryl methyl sites for hydroxylation is 1. The second kappa shape index (κ2) is 7.23. The molecular weight excluding hydrogens is 317 g/mol. The Morgan fingerprint density at radius 1 is 1.36 bits per heavy atom. The van der Waals surface area contributed by atoms with Crippen LogP contribution < -0.4 is 10.6 Å². The summed E-state index contributed by atoms with van der Waals surface area (Å²) >= 11 is 1.42. The molecule has 8 heteroatoms. The number of amides is 2. The average molecular weight is 336 g/mol. The topological polar surface area (TPSA) is 61.4 Å². The van der Waals surface area contributed by atoms with Gasteiger partial charge in [0.2, 0.25) is 0 Å². The van der Waals surface area contributed by atoms with Gasteiger partial charge in [0, 0.05) is 18.0 Å². The molecule has 1 rings (SSSR count). The van der Waals surface area contributed by atoms with Crippen LogP contribution in [-0.2, 0) is 6.18 Å². The van der Waals surface area contributed by atoms with Crippen molar-refractivity contribution in [2.45, 2.75) is 25.6 Å². The van der Waals surface area contributed by atoms with Crippen LogP contribution in [0.3, 0.4) is 0 Å². The second-order valence-electron chi connectivity index (χ2n) is 5.27. The van der Waals surface area contributed by atoms with Crippen molar-refractivity contribution in [3.8, 4) is 0 Å². The lowest BCUT2D eigenvalue weighted by Crippen LogP contribution is -2.44. The van der Waals surface area contributed by atoms with E-state index in [1.165, 1.54) is 17.8 Å². The number of anilines is 1. The third kappa shape index (κ3) is 5.76. The van der Waals surface area contributed by atoms with E-state index in [1.54, 1.807) is 13.8 Å². The van der Waals surface area contributed by atoms with E-state index in [0.29, 0.717) is 11.3 Å². The highest BCUT2D eigenvalue weighted by molar-refractivity contribution is 7.98. The summed E-state index contributed by atoms with van der Waals surface area (Å²) in [6.45, 7) is 3.16. The minimum atomic E-state index is -4.47. The van der Waals surface area contributed by atoms with Crippen molar-refractivity contribution in [1.82, 2.24) is 5.32 Å². The first-order chi connectivity index (χ1) is 10.0. The largest absolute Gasteiger partial charge is 0.416 e. The summed E-state index contributed by atoms with van der Waals surface area (Å²) in [5.41, 5.74) is -1.32. The lowest BCUT2D eigenvalue weighted by atomic mass is 10.1. The van der Waals surface area contributed by atoms with Crippen LogP contribution in [0.5, 0.6) is 0 Å². The molecule has 124 valence electrons. The lowest BCUT2D eigenvalue weighted by Gasteiger charge is -2.22. The smallest absolute Gasteiger partial charge is 0.387 e. The molecule has 0 bridgehead atoms. The third-order valence-electron chi connectivity index (χ3n) is 2.90. The molecular formula is C14H19F3N2O2S. The van der Waals surface area contributed by atoms with Crippen LogP contribution in [0, 0.1) is 6.92 Å². The lowest BCUT2D eigenvalue weighted by molar-refractivity contribution is -0.137. The predicted octanol–water partition coefficient (Wildman–Crippen LogP) is 3.25. The number of aliphatic hydroxyl groups is 1. The van der Waals surface area contributed by atoms with E-state index in [1.807, 2.05) is 6.26 Å². The number of benzene rings is 1. The van der Waals surface area contributed by atoms with Gasteiger partial charge in [0.1, 0.15) is 0 Å². The van der Waals surface area contributed by atoms with Crippen molar-refractivity contribution in [2.75, 3.05) is 23.9 Å². The molecule has 3 N–H and O–H groups in total. The summed E-state index contributed by atoms with van der Waals surface area (Å²) < 4.78 is 38.0. The molecule has 0 aliphatic rings. The number of thioether (sulfide) groups is 1. The van der Waals surface area contributed by atoms with Gasteiger partial charge >= 0.3 is 12.2 Å². The van der Waals surface area contributed by atoms with Gasteiger partial charge in [-0.1, -0.05) is 6.07 Å². The quantitative estimate of drug-likeness (QED) is 0.773. The van der Waals surface area contributed by atoms with Gasteiger partial charge < -0.3 is 15.7 Å². The molecule has 0 fully saturated rings. The zero-order valence-corrected chi connectivity index (χ0v) is 13.4. The van der Waals surface area contributed by atoms with Gasteiger partial charge in [-0.25, -0.2) is 4.79 Å². The number of carbonyl (C=O) groups excluding carboxylic acids is 1. The van der Waals surface area contributed by atoms with E-state index in [4.69, 9.17) is 0 Å². The van der Waals surface area contributed by atoms with Gasteiger partial charge in [-0.2, -0.15) is 24.9 Å². The van der Waals surface area contributed by atoms with Crippen LogP contribution in [-0.4, -0.2) is 35.3 Å². The Balaban J connectivity index is 2.72. The highest BCUT2D eigenvalue weighted by Crippen LogP contribution is 2.31. The Bertz CT molecular complexity index is 533. The first kappa shape index (κ1) is 18.6. The van der Waals surface area contributed by atoms with Gasteiger partial charge in [-0.3, -0.25) is 0 Å². The molecule has 0 heterocycles. The highest BCUT2D eigenvalue weighted by Gasteiger charge is 2.31. The zero-order valence-electron chi connectivity index (χ0n) is 12.5. The number of alkyl halides is 3. The summed E-state index contributed by atoms with van der Waals surface area (Å²) in [6.07, 6.45) is -2.65. The van der Waals surface area contributed by atoms with Crippen molar-refractivity contribution < 1.29 is 23.1 Å². The summed E-state index contributed by atoms with van der Waals surface area (Å²) in [5, 5.41) is 14.7. The molecule has 0 saturated heterocycles. The van der Waals surface area contributed by atoms with Gasteiger partial charge in [0.25, 0.3) is 0 Å². The first-order valence-electron chi connectivity index (χ1n) is 6.49. The zero-order chi connectivity index (χ0) is 17.0. The summed E-state index contributed by atoms with van der Waals surface area (Å²) in [7, 11) is 0. The van der Waals surface area contributed by atoms with Crippen molar-refractivity contribution in [2.24, 2.45) is 0 Å². The van der Waals surface area contributed by atoms with Gasteiger partial charge in [0.15, 0.2) is 0 Å². The van der Waals surface area contributed by atoms with E-state index in [0.717, 1.165) is 12.1 Å². The van der Waals surface area contributed by atoms with Gasteiger partial charge in [-0.15, -0.1) is 0 Å². The fraction of sp³-hybridized carbons (Fsp3) is 0.500. The number of hydrogen-bond donors (Lipinski definition) is 3. The van der Waals surface area contributed by atoms with E-state index in [9.17, 15) is 23.1 Å². The predicted molar refractivity (Wildman–Crippen MR) is 82.2 cm³/mol. The molecule has 1 atom stereocenters. The number of urea groups is 1. The van der Waals surface area contributed by atoms with Crippen LogP contribution in [0.25, 0.3) is 0 Å². The van der Waals surface area contributed by atoms with E-state index < -0.39 is 23.4 Å². The maximum absolute atomic E-state index is 12.7. The van der Waals surface area contributed by atoms with Crippen molar-refractivity contribution in [3.05, 3.63) is 29.3 Å². The molecule has 0 saturated carbocycles. The molecule has 2 amide bonds. The maximum Gasteiger partial charge on any atom is 0.416 e. The van der Waals surface area contributed by atoms with Crippen molar-refractivity contribution >= 4 is 23.5 Å². The fourth-order valence-corrected chi connectivity index (χ4v) is 2.46. The monoisotopic (exact) mass is 336 g/mol. The first-order valence-corrected chi connectivity index (χ1v) is 7.88. The third-order valence-corrected chi connectivity index (χ3v) is 3.81. The van der Waals surface area contributed by atoms with Crippen LogP contribution >= 0.6 is 11.8 Å². The average Bonchev–Trinajstić information content (AvgIpc) is 2.38. The summed E-state index contributed by atoms with van der Waals surface area (Å²) in [4.78, 5) is 11.8. The number of carbonyl (C=O) groups is 1. The Morgan fingerprint density at radius 2 is 2.00 bits per heavy atom. The Morgan fingerprint density at radius 3 is 2.55 bits per heavy atom. The highest BCUT2D eigenvalue weighted by atomic mass is 32.2. The molecule has 0 aromatic heterocycles. The molecule has 0 spiro atoms. The minimum Gasteiger partial charge on any atom is -0.387 e.